The van der Waals surface area contributed by atoms with Gasteiger partial charge in [0.15, 0.2) is 0 Å². The largest absolute Gasteiger partial charge is 0.489 e. The summed E-state index contributed by atoms with van der Waals surface area (Å²) in [5.74, 6) is 0.621. The molecule has 0 unspecified atom stereocenters. The number of hydrogen-bond acceptors (Lipinski definition) is 3. The molecule has 4 nitrogen and oxygen atoms in total. The number of nitrogens with one attached hydrogen (secondary N) is 1. The molecule has 0 spiro atoms. The zero-order valence-corrected chi connectivity index (χ0v) is 13.4. The van der Waals surface area contributed by atoms with Crippen molar-refractivity contribution in [1.82, 2.24) is 5.32 Å². The molecule has 5 heteroatoms. The molecular formula is C17H21ClN2O2. The topological polar surface area (TPSA) is 64.3 Å². The van der Waals surface area contributed by atoms with Gasteiger partial charge in [-0.2, -0.15) is 0 Å². The second-order valence-electron chi connectivity index (χ2n) is 4.66. The van der Waals surface area contributed by atoms with Gasteiger partial charge in [-0.3, -0.25) is 4.79 Å². The smallest absolute Gasteiger partial charge is 0.251 e. The minimum absolute atomic E-state index is 0. The predicted molar refractivity (Wildman–Crippen MR) is 90.4 cm³/mol. The fourth-order valence-corrected chi connectivity index (χ4v) is 2.02. The third-order valence-corrected chi connectivity index (χ3v) is 3.12. The highest BCUT2D eigenvalue weighted by Gasteiger charge is 2.09. The highest BCUT2D eigenvalue weighted by Crippen LogP contribution is 2.21. The summed E-state index contributed by atoms with van der Waals surface area (Å²) in [5.41, 5.74) is 8.27. The van der Waals surface area contributed by atoms with Crippen molar-refractivity contribution in [2.45, 2.75) is 20.1 Å². The average Bonchev–Trinajstić information content (AvgIpc) is 2.54. The van der Waals surface area contributed by atoms with E-state index in [1.165, 1.54) is 0 Å². The van der Waals surface area contributed by atoms with Crippen molar-refractivity contribution in [2.75, 3.05) is 6.54 Å². The van der Waals surface area contributed by atoms with Gasteiger partial charge in [0, 0.05) is 24.2 Å². The number of benzene rings is 2. The van der Waals surface area contributed by atoms with Gasteiger partial charge in [-0.05, 0) is 30.7 Å². The lowest BCUT2D eigenvalue weighted by atomic mass is 10.1. The first kappa shape index (κ1) is 18.0. The van der Waals surface area contributed by atoms with E-state index in [1.54, 1.807) is 18.2 Å². The summed E-state index contributed by atoms with van der Waals surface area (Å²) in [7, 11) is 0. The van der Waals surface area contributed by atoms with Crippen LogP contribution in [0.1, 0.15) is 28.4 Å². The van der Waals surface area contributed by atoms with Crippen LogP contribution in [-0.4, -0.2) is 12.5 Å². The number of hydrogen-bond donors (Lipinski definition) is 2. The van der Waals surface area contributed by atoms with Gasteiger partial charge in [0.25, 0.3) is 5.91 Å². The molecule has 0 fully saturated rings. The van der Waals surface area contributed by atoms with Crippen LogP contribution in [0, 0.1) is 0 Å². The van der Waals surface area contributed by atoms with Crippen LogP contribution in [-0.2, 0) is 13.2 Å². The van der Waals surface area contributed by atoms with E-state index in [-0.39, 0.29) is 18.3 Å². The Kier molecular flexibility index (Phi) is 7.43. The fourth-order valence-electron chi connectivity index (χ4n) is 2.02. The molecule has 3 N–H and O–H groups in total. The van der Waals surface area contributed by atoms with Crippen molar-refractivity contribution < 1.29 is 9.53 Å². The third-order valence-electron chi connectivity index (χ3n) is 3.12. The number of nitrogens with two attached hydrogens (primary N) is 1. The molecule has 0 bridgehead atoms. The Bertz CT molecular complexity index is 603. The average molecular weight is 321 g/mol. The van der Waals surface area contributed by atoms with Gasteiger partial charge in [-0.15, -0.1) is 12.4 Å². The van der Waals surface area contributed by atoms with Gasteiger partial charge in [-0.25, -0.2) is 0 Å². The third kappa shape index (κ3) is 4.76. The van der Waals surface area contributed by atoms with E-state index in [9.17, 15) is 4.79 Å². The summed E-state index contributed by atoms with van der Waals surface area (Å²) in [6, 6.07) is 15.3. The zero-order valence-electron chi connectivity index (χ0n) is 12.5. The summed E-state index contributed by atoms with van der Waals surface area (Å²) in [4.78, 5) is 11.8. The molecule has 0 saturated carbocycles. The van der Waals surface area contributed by atoms with Gasteiger partial charge >= 0.3 is 0 Å². The molecule has 22 heavy (non-hydrogen) atoms. The zero-order chi connectivity index (χ0) is 15.1. The van der Waals surface area contributed by atoms with Crippen molar-refractivity contribution in [3.8, 4) is 5.75 Å². The monoisotopic (exact) mass is 320 g/mol. The molecule has 0 aromatic heterocycles. The highest BCUT2D eigenvalue weighted by atomic mass is 35.5. The van der Waals surface area contributed by atoms with Crippen LogP contribution < -0.4 is 15.8 Å². The molecule has 0 saturated heterocycles. The molecule has 2 aromatic carbocycles. The molecule has 0 radical (unpaired) electrons. The van der Waals surface area contributed by atoms with Crippen molar-refractivity contribution in [3.05, 3.63) is 65.2 Å². The molecule has 0 aliphatic carbocycles. The van der Waals surface area contributed by atoms with Crippen LogP contribution in [0.4, 0.5) is 0 Å². The van der Waals surface area contributed by atoms with Gasteiger partial charge < -0.3 is 15.8 Å². The predicted octanol–water partition coefficient (Wildman–Crippen LogP) is 2.90. The Morgan fingerprint density at radius 1 is 1.18 bits per heavy atom. The van der Waals surface area contributed by atoms with Gasteiger partial charge in [-0.1, -0.05) is 30.3 Å². The van der Waals surface area contributed by atoms with E-state index >= 15 is 0 Å². The summed E-state index contributed by atoms with van der Waals surface area (Å²) < 4.78 is 5.80. The van der Waals surface area contributed by atoms with E-state index in [0.29, 0.717) is 25.3 Å². The van der Waals surface area contributed by atoms with E-state index < -0.39 is 0 Å². The first-order valence-corrected chi connectivity index (χ1v) is 7.02. The van der Waals surface area contributed by atoms with E-state index in [2.05, 4.69) is 5.32 Å². The molecule has 0 aliphatic rings. The van der Waals surface area contributed by atoms with Gasteiger partial charge in [0.05, 0.1) is 0 Å². The Labute approximate surface area is 137 Å². The quantitative estimate of drug-likeness (QED) is 0.860. The Morgan fingerprint density at radius 2 is 1.91 bits per heavy atom. The second kappa shape index (κ2) is 9.07. The van der Waals surface area contributed by atoms with Crippen molar-refractivity contribution in [3.63, 3.8) is 0 Å². The second-order valence-corrected chi connectivity index (χ2v) is 4.66. The van der Waals surface area contributed by atoms with Crippen molar-refractivity contribution in [2.24, 2.45) is 5.73 Å². The molecule has 1 amide bonds. The van der Waals surface area contributed by atoms with E-state index in [0.717, 1.165) is 16.9 Å². The van der Waals surface area contributed by atoms with E-state index in [4.69, 9.17) is 10.5 Å². The molecule has 118 valence electrons. The van der Waals surface area contributed by atoms with E-state index in [1.807, 2.05) is 37.3 Å². The van der Waals surface area contributed by atoms with Crippen molar-refractivity contribution >= 4 is 18.3 Å². The molecule has 0 heterocycles. The normalized spacial score (nSPS) is 9.73. The Morgan fingerprint density at radius 3 is 2.55 bits per heavy atom. The minimum Gasteiger partial charge on any atom is -0.489 e. The summed E-state index contributed by atoms with van der Waals surface area (Å²) in [6.45, 7) is 3.30. The first-order chi connectivity index (χ1) is 10.2. The summed E-state index contributed by atoms with van der Waals surface area (Å²) in [5, 5.41) is 2.77. The number of rotatable bonds is 6. The number of carbonyl (C=O) groups excluding carboxylic acids is 1. The number of ether oxygens (including phenoxy) is 1. The molecular weight excluding hydrogens is 300 g/mol. The number of carbonyl (C=O) groups is 1. The molecule has 0 aliphatic heterocycles. The fraction of sp³-hybridized carbons (Fsp3) is 0.235. The first-order valence-electron chi connectivity index (χ1n) is 7.02. The maximum atomic E-state index is 11.8. The van der Waals surface area contributed by atoms with Gasteiger partial charge in [0.2, 0.25) is 0 Å². The molecule has 2 rings (SSSR count). The molecule has 0 atom stereocenters. The lowest BCUT2D eigenvalue weighted by Gasteiger charge is -2.12. The minimum atomic E-state index is -0.0955. The summed E-state index contributed by atoms with van der Waals surface area (Å²) in [6.07, 6.45) is 0. The van der Waals surface area contributed by atoms with Crippen LogP contribution in [0.15, 0.2) is 48.5 Å². The maximum absolute atomic E-state index is 11.8. The standard InChI is InChI=1S/C17H20N2O2.ClH/c1-2-19-17(20)14-8-9-16(15(10-14)11-18)21-12-13-6-4-3-5-7-13;/h3-10H,2,11-12,18H2,1H3,(H,19,20);1H. The molecule has 2 aromatic rings. The van der Waals surface area contributed by atoms with Gasteiger partial charge in [0.1, 0.15) is 12.4 Å². The lowest BCUT2D eigenvalue weighted by Crippen LogP contribution is -2.22. The van der Waals surface area contributed by atoms with Crippen molar-refractivity contribution in [1.29, 1.82) is 0 Å². The Hall–Kier alpha value is -2.04. The van der Waals surface area contributed by atoms with Crippen LogP contribution in [0.25, 0.3) is 0 Å². The maximum Gasteiger partial charge on any atom is 0.251 e. The SMILES string of the molecule is CCNC(=O)c1ccc(OCc2ccccc2)c(CN)c1.Cl. The highest BCUT2D eigenvalue weighted by molar-refractivity contribution is 5.94. The Balaban J connectivity index is 0.00000242. The number of amides is 1. The van der Waals surface area contributed by atoms with Crippen LogP contribution in [0.5, 0.6) is 5.75 Å². The number of halogens is 1. The van der Waals surface area contributed by atoms with Crippen LogP contribution in [0.3, 0.4) is 0 Å². The van der Waals surface area contributed by atoms with Crippen LogP contribution in [0.2, 0.25) is 0 Å². The summed E-state index contributed by atoms with van der Waals surface area (Å²) >= 11 is 0. The lowest BCUT2D eigenvalue weighted by molar-refractivity contribution is 0.0955. The van der Waals surface area contributed by atoms with Crippen LogP contribution >= 0.6 is 12.4 Å².